The molecule has 0 aromatic heterocycles. The molecular formula is C10H23N3O. The average molecular weight is 201 g/mol. The highest BCUT2D eigenvalue weighted by Gasteiger charge is 2.22. The van der Waals surface area contributed by atoms with Crippen molar-refractivity contribution in [2.24, 2.45) is 10.9 Å². The van der Waals surface area contributed by atoms with Gasteiger partial charge in [0.15, 0.2) is 5.84 Å². The van der Waals surface area contributed by atoms with Gasteiger partial charge in [-0.15, -0.1) is 0 Å². The molecule has 0 fully saturated rings. The minimum absolute atomic E-state index is 0.0462. The Kier molecular flexibility index (Phi) is 6.28. The minimum Gasteiger partial charge on any atom is -0.409 e. The maximum absolute atomic E-state index is 8.65. The van der Waals surface area contributed by atoms with E-state index in [0.29, 0.717) is 11.9 Å². The van der Waals surface area contributed by atoms with Gasteiger partial charge in [-0.1, -0.05) is 25.9 Å². The normalized spacial score (nSPS) is 15.1. The van der Waals surface area contributed by atoms with Gasteiger partial charge in [-0.25, -0.2) is 0 Å². The standard InChI is InChI=1S/C10H23N3O/c1-5-8(6-2)13(4)9(7-3)10(11)12-14/h8-9,14H,5-7H2,1-4H3,(H2,11,12). The van der Waals surface area contributed by atoms with Crippen LogP contribution in [0.4, 0.5) is 0 Å². The Hall–Kier alpha value is -0.770. The van der Waals surface area contributed by atoms with E-state index in [2.05, 4.69) is 23.9 Å². The predicted octanol–water partition coefficient (Wildman–Crippen LogP) is 1.63. The number of nitrogens with zero attached hydrogens (tertiary/aromatic N) is 2. The molecule has 0 radical (unpaired) electrons. The maximum Gasteiger partial charge on any atom is 0.156 e. The molecule has 4 heteroatoms. The second-order valence-corrected chi connectivity index (χ2v) is 3.58. The lowest BCUT2D eigenvalue weighted by Crippen LogP contribution is -2.47. The molecule has 14 heavy (non-hydrogen) atoms. The first kappa shape index (κ1) is 13.2. The second kappa shape index (κ2) is 6.65. The molecule has 1 atom stereocenters. The van der Waals surface area contributed by atoms with Gasteiger partial charge in [-0.3, -0.25) is 4.90 Å². The number of likely N-dealkylation sites (N-methyl/N-ethyl adjacent to an activating group) is 1. The van der Waals surface area contributed by atoms with E-state index >= 15 is 0 Å². The van der Waals surface area contributed by atoms with Crippen molar-refractivity contribution in [1.82, 2.24) is 4.90 Å². The Labute approximate surface area is 86.8 Å². The SMILES string of the molecule is CCC(CC)N(C)C(CC)C(N)=NO. The van der Waals surface area contributed by atoms with Crippen LogP contribution in [0.5, 0.6) is 0 Å². The zero-order valence-corrected chi connectivity index (χ0v) is 9.70. The van der Waals surface area contributed by atoms with Gasteiger partial charge in [-0.2, -0.15) is 0 Å². The summed E-state index contributed by atoms with van der Waals surface area (Å²) in [6, 6.07) is 0.546. The molecule has 1 unspecified atom stereocenters. The van der Waals surface area contributed by atoms with Crippen LogP contribution in [0.1, 0.15) is 40.0 Å². The molecule has 0 amide bonds. The van der Waals surface area contributed by atoms with Crippen LogP contribution in [-0.4, -0.2) is 35.1 Å². The summed E-state index contributed by atoms with van der Waals surface area (Å²) in [5, 5.41) is 11.7. The fourth-order valence-corrected chi connectivity index (χ4v) is 1.89. The number of nitrogens with two attached hydrogens (primary N) is 1. The monoisotopic (exact) mass is 201 g/mol. The molecule has 0 aromatic rings. The lowest BCUT2D eigenvalue weighted by molar-refractivity contribution is 0.193. The highest BCUT2D eigenvalue weighted by atomic mass is 16.4. The van der Waals surface area contributed by atoms with Crippen molar-refractivity contribution < 1.29 is 5.21 Å². The third-order valence-electron chi connectivity index (χ3n) is 2.85. The van der Waals surface area contributed by atoms with Crippen LogP contribution in [-0.2, 0) is 0 Å². The van der Waals surface area contributed by atoms with Gasteiger partial charge in [0.25, 0.3) is 0 Å². The molecule has 0 saturated heterocycles. The number of rotatable bonds is 6. The minimum atomic E-state index is 0.0462. The van der Waals surface area contributed by atoms with E-state index in [1.54, 1.807) is 0 Å². The van der Waals surface area contributed by atoms with Gasteiger partial charge in [0, 0.05) is 6.04 Å². The van der Waals surface area contributed by atoms with Crippen molar-refractivity contribution in [2.45, 2.75) is 52.1 Å². The summed E-state index contributed by atoms with van der Waals surface area (Å²) in [5.41, 5.74) is 5.63. The third-order valence-corrected chi connectivity index (χ3v) is 2.85. The predicted molar refractivity (Wildman–Crippen MR) is 59.6 cm³/mol. The topological polar surface area (TPSA) is 61.8 Å². The second-order valence-electron chi connectivity index (χ2n) is 3.58. The van der Waals surface area contributed by atoms with Crippen LogP contribution in [0.2, 0.25) is 0 Å². The van der Waals surface area contributed by atoms with E-state index in [1.165, 1.54) is 0 Å². The molecule has 0 aliphatic rings. The smallest absolute Gasteiger partial charge is 0.156 e. The van der Waals surface area contributed by atoms with Crippen molar-refractivity contribution >= 4 is 5.84 Å². The molecule has 4 nitrogen and oxygen atoms in total. The number of amidine groups is 1. The number of hydrogen-bond acceptors (Lipinski definition) is 3. The fraction of sp³-hybridized carbons (Fsp3) is 0.900. The van der Waals surface area contributed by atoms with Gasteiger partial charge in [0.1, 0.15) is 0 Å². The summed E-state index contributed by atoms with van der Waals surface area (Å²) >= 11 is 0. The highest BCUT2D eigenvalue weighted by molar-refractivity contribution is 5.85. The van der Waals surface area contributed by atoms with E-state index in [-0.39, 0.29) is 6.04 Å². The summed E-state index contributed by atoms with van der Waals surface area (Å²) in [6.07, 6.45) is 3.04. The zero-order valence-electron chi connectivity index (χ0n) is 9.70. The lowest BCUT2D eigenvalue weighted by atomic mass is 10.1. The van der Waals surface area contributed by atoms with Gasteiger partial charge < -0.3 is 10.9 Å². The van der Waals surface area contributed by atoms with Crippen molar-refractivity contribution in [2.75, 3.05) is 7.05 Å². The highest BCUT2D eigenvalue weighted by Crippen LogP contribution is 2.12. The molecule has 0 heterocycles. The molecule has 84 valence electrons. The van der Waals surface area contributed by atoms with Crippen molar-refractivity contribution in [3.8, 4) is 0 Å². The Balaban J connectivity index is 4.51. The van der Waals surface area contributed by atoms with Crippen molar-refractivity contribution in [3.05, 3.63) is 0 Å². The molecule has 0 bridgehead atoms. The first-order valence-electron chi connectivity index (χ1n) is 5.31. The van der Waals surface area contributed by atoms with Gasteiger partial charge in [-0.05, 0) is 26.3 Å². The van der Waals surface area contributed by atoms with E-state index in [1.807, 2.05) is 14.0 Å². The summed E-state index contributed by atoms with van der Waals surface area (Å²) in [4.78, 5) is 2.19. The van der Waals surface area contributed by atoms with Crippen LogP contribution in [0.15, 0.2) is 5.16 Å². The summed E-state index contributed by atoms with van der Waals surface area (Å²) < 4.78 is 0. The summed E-state index contributed by atoms with van der Waals surface area (Å²) in [7, 11) is 2.03. The first-order valence-corrected chi connectivity index (χ1v) is 5.31. The Morgan fingerprint density at radius 3 is 2.07 bits per heavy atom. The van der Waals surface area contributed by atoms with Crippen molar-refractivity contribution in [1.29, 1.82) is 0 Å². The van der Waals surface area contributed by atoms with E-state index in [4.69, 9.17) is 10.9 Å². The van der Waals surface area contributed by atoms with Gasteiger partial charge in [0.05, 0.1) is 6.04 Å². The number of hydrogen-bond donors (Lipinski definition) is 2. The molecule has 3 N–H and O–H groups in total. The third kappa shape index (κ3) is 3.18. The zero-order chi connectivity index (χ0) is 11.1. The fourth-order valence-electron chi connectivity index (χ4n) is 1.89. The molecule has 0 saturated carbocycles. The molecule has 0 aromatic carbocycles. The summed E-state index contributed by atoms with van der Waals surface area (Å²) in [6.45, 7) is 6.36. The Morgan fingerprint density at radius 1 is 1.29 bits per heavy atom. The Morgan fingerprint density at radius 2 is 1.79 bits per heavy atom. The van der Waals surface area contributed by atoms with Gasteiger partial charge in [0.2, 0.25) is 0 Å². The largest absolute Gasteiger partial charge is 0.409 e. The van der Waals surface area contributed by atoms with Crippen LogP contribution in [0, 0.1) is 0 Å². The van der Waals surface area contributed by atoms with E-state index < -0.39 is 0 Å². The lowest BCUT2D eigenvalue weighted by Gasteiger charge is -2.32. The average Bonchev–Trinajstić information content (AvgIpc) is 2.20. The quantitative estimate of drug-likeness (QED) is 0.297. The Bertz CT molecular complexity index is 178. The van der Waals surface area contributed by atoms with E-state index in [9.17, 15) is 0 Å². The number of oxime groups is 1. The van der Waals surface area contributed by atoms with Crippen molar-refractivity contribution in [3.63, 3.8) is 0 Å². The molecule has 0 aliphatic heterocycles. The van der Waals surface area contributed by atoms with Gasteiger partial charge >= 0.3 is 0 Å². The summed E-state index contributed by atoms with van der Waals surface area (Å²) in [5.74, 6) is 0.307. The van der Waals surface area contributed by atoms with Crippen LogP contribution >= 0.6 is 0 Å². The molecular weight excluding hydrogens is 178 g/mol. The molecule has 0 spiro atoms. The van der Waals surface area contributed by atoms with E-state index in [0.717, 1.165) is 19.3 Å². The maximum atomic E-state index is 8.65. The van der Waals surface area contributed by atoms with Crippen LogP contribution < -0.4 is 5.73 Å². The van der Waals surface area contributed by atoms with Crippen LogP contribution in [0.25, 0.3) is 0 Å². The molecule has 0 aliphatic carbocycles. The molecule has 0 rings (SSSR count). The van der Waals surface area contributed by atoms with Crippen LogP contribution in [0.3, 0.4) is 0 Å². The first-order chi connectivity index (χ1) is 6.62.